The first kappa shape index (κ1) is 17.2. The van der Waals surface area contributed by atoms with Gasteiger partial charge in [0.05, 0.1) is 17.9 Å². The third-order valence-electron chi connectivity index (χ3n) is 6.08. The molecule has 0 bridgehead atoms. The van der Waals surface area contributed by atoms with E-state index in [2.05, 4.69) is 45.0 Å². The molecule has 1 aliphatic carbocycles. The molecule has 1 saturated carbocycles. The molecule has 3 nitrogen and oxygen atoms in total. The van der Waals surface area contributed by atoms with Gasteiger partial charge in [-0.2, -0.15) is 0 Å². The number of imide groups is 1. The van der Waals surface area contributed by atoms with Crippen molar-refractivity contribution in [3.05, 3.63) is 35.4 Å². The normalized spacial score (nSPS) is 26.4. The van der Waals surface area contributed by atoms with Gasteiger partial charge >= 0.3 is 0 Å². The molecule has 1 aromatic rings. The van der Waals surface area contributed by atoms with Crippen LogP contribution >= 0.6 is 0 Å². The number of benzene rings is 1. The minimum atomic E-state index is -0.110. The Kier molecular flexibility index (Phi) is 5.07. The van der Waals surface area contributed by atoms with Gasteiger partial charge in [-0.05, 0) is 42.7 Å². The van der Waals surface area contributed by atoms with Gasteiger partial charge in [-0.1, -0.05) is 57.9 Å². The van der Waals surface area contributed by atoms with Crippen molar-refractivity contribution in [1.29, 1.82) is 0 Å². The van der Waals surface area contributed by atoms with Gasteiger partial charge in [-0.25, -0.2) is 0 Å². The van der Waals surface area contributed by atoms with Crippen LogP contribution in [0.25, 0.3) is 0 Å². The van der Waals surface area contributed by atoms with E-state index < -0.39 is 0 Å². The van der Waals surface area contributed by atoms with Crippen molar-refractivity contribution in [3.8, 4) is 0 Å². The summed E-state index contributed by atoms with van der Waals surface area (Å²) in [6.45, 7) is 6.48. The van der Waals surface area contributed by atoms with Gasteiger partial charge in [0.15, 0.2) is 0 Å². The maximum absolute atomic E-state index is 12.9. The Labute approximate surface area is 145 Å². The fourth-order valence-electron chi connectivity index (χ4n) is 4.34. The lowest BCUT2D eigenvalue weighted by atomic mass is 9.81. The van der Waals surface area contributed by atoms with Crippen LogP contribution in [-0.2, 0) is 9.59 Å². The Balaban J connectivity index is 1.85. The van der Waals surface area contributed by atoms with Crippen molar-refractivity contribution < 1.29 is 9.59 Å². The van der Waals surface area contributed by atoms with Crippen LogP contribution in [-0.4, -0.2) is 16.7 Å². The number of hydrogen-bond donors (Lipinski definition) is 0. The van der Waals surface area contributed by atoms with E-state index in [4.69, 9.17) is 0 Å². The molecule has 2 amide bonds. The summed E-state index contributed by atoms with van der Waals surface area (Å²) in [5.41, 5.74) is 2.41. The molecule has 4 unspecified atom stereocenters. The number of likely N-dealkylation sites (tertiary alicyclic amines) is 1. The first-order chi connectivity index (χ1) is 11.6. The van der Waals surface area contributed by atoms with Crippen molar-refractivity contribution in [1.82, 2.24) is 4.90 Å². The fourth-order valence-corrected chi connectivity index (χ4v) is 4.34. The lowest BCUT2D eigenvalue weighted by Gasteiger charge is -2.26. The summed E-state index contributed by atoms with van der Waals surface area (Å²) in [5.74, 6) is 0.571. The largest absolute Gasteiger partial charge is 0.274 e. The van der Waals surface area contributed by atoms with Gasteiger partial charge in [-0.3, -0.25) is 14.5 Å². The number of nitrogens with zero attached hydrogens (tertiary/aromatic N) is 1. The molecule has 0 radical (unpaired) electrons. The molecule has 3 rings (SSSR count). The Morgan fingerprint density at radius 3 is 1.88 bits per heavy atom. The van der Waals surface area contributed by atoms with E-state index in [0.29, 0.717) is 5.92 Å². The molecule has 3 heteroatoms. The van der Waals surface area contributed by atoms with E-state index in [0.717, 1.165) is 44.1 Å². The number of fused-ring (bicyclic) bond motifs is 1. The Bertz CT molecular complexity index is 583. The molecule has 0 N–H and O–H groups in total. The smallest absolute Gasteiger partial charge is 0.233 e. The zero-order valence-electron chi connectivity index (χ0n) is 15.1. The van der Waals surface area contributed by atoms with E-state index in [1.54, 1.807) is 4.90 Å². The highest BCUT2D eigenvalue weighted by atomic mass is 16.2. The minimum absolute atomic E-state index is 0.0558. The van der Waals surface area contributed by atoms with Gasteiger partial charge in [0, 0.05) is 0 Å². The molecule has 1 heterocycles. The number of rotatable bonds is 5. The molecule has 4 atom stereocenters. The highest BCUT2D eigenvalue weighted by Gasteiger charge is 2.50. The maximum atomic E-state index is 12.9. The molecule has 130 valence electrons. The summed E-state index contributed by atoms with van der Waals surface area (Å²) in [4.78, 5) is 27.3. The number of amides is 2. The lowest BCUT2D eigenvalue weighted by molar-refractivity contribution is -0.143. The topological polar surface area (TPSA) is 37.4 Å². The molecule has 0 aromatic heterocycles. The van der Waals surface area contributed by atoms with E-state index in [9.17, 15) is 9.59 Å². The third-order valence-corrected chi connectivity index (χ3v) is 6.08. The molecule has 2 aliphatic rings. The monoisotopic (exact) mass is 327 g/mol. The van der Waals surface area contributed by atoms with Crippen LogP contribution in [0.2, 0.25) is 0 Å². The standard InChI is InChI=1S/C21H29NO2/c1-4-14(3)15-10-12-16(13-11-15)19(5-2)22-20(23)17-8-6-7-9-18(17)21(22)24/h10-14,17-19H,4-9H2,1-3H3. The van der Waals surface area contributed by atoms with Gasteiger partial charge in [0.1, 0.15) is 0 Å². The van der Waals surface area contributed by atoms with Crippen molar-refractivity contribution >= 4 is 11.8 Å². The molecule has 24 heavy (non-hydrogen) atoms. The third kappa shape index (κ3) is 2.89. The second-order valence-electron chi connectivity index (χ2n) is 7.44. The molecule has 1 saturated heterocycles. The van der Waals surface area contributed by atoms with Crippen molar-refractivity contribution in [2.24, 2.45) is 11.8 Å². The SMILES string of the molecule is CCC(C)c1ccc(C(CC)N2C(=O)C3CCCCC3C2=O)cc1. The van der Waals surface area contributed by atoms with Crippen LogP contribution in [0.15, 0.2) is 24.3 Å². The van der Waals surface area contributed by atoms with Crippen LogP contribution < -0.4 is 0 Å². The van der Waals surface area contributed by atoms with Crippen molar-refractivity contribution in [2.45, 2.75) is 71.3 Å². The second-order valence-corrected chi connectivity index (χ2v) is 7.44. The van der Waals surface area contributed by atoms with E-state index in [1.165, 1.54) is 5.56 Å². The van der Waals surface area contributed by atoms with E-state index in [1.807, 2.05) is 0 Å². The van der Waals surface area contributed by atoms with Gasteiger partial charge in [-0.15, -0.1) is 0 Å². The first-order valence-corrected chi connectivity index (χ1v) is 9.55. The fraction of sp³-hybridized carbons (Fsp3) is 0.619. The first-order valence-electron chi connectivity index (χ1n) is 9.55. The van der Waals surface area contributed by atoms with Crippen molar-refractivity contribution in [3.63, 3.8) is 0 Å². The van der Waals surface area contributed by atoms with Crippen molar-refractivity contribution in [2.75, 3.05) is 0 Å². The Morgan fingerprint density at radius 1 is 0.917 bits per heavy atom. The van der Waals surface area contributed by atoms with Crippen LogP contribution in [0.5, 0.6) is 0 Å². The van der Waals surface area contributed by atoms with Gasteiger partial charge in [0.25, 0.3) is 0 Å². The zero-order chi connectivity index (χ0) is 17.3. The molecule has 0 spiro atoms. The predicted molar refractivity (Wildman–Crippen MR) is 95.5 cm³/mol. The molecular weight excluding hydrogens is 298 g/mol. The minimum Gasteiger partial charge on any atom is -0.274 e. The lowest BCUT2D eigenvalue weighted by Crippen LogP contribution is -2.35. The summed E-state index contributed by atoms with van der Waals surface area (Å²) >= 11 is 0. The average molecular weight is 327 g/mol. The van der Waals surface area contributed by atoms with Crippen LogP contribution in [0.3, 0.4) is 0 Å². The second kappa shape index (κ2) is 7.08. The quantitative estimate of drug-likeness (QED) is 0.727. The summed E-state index contributed by atoms with van der Waals surface area (Å²) in [5, 5.41) is 0. The highest BCUT2D eigenvalue weighted by Crippen LogP contribution is 2.42. The summed E-state index contributed by atoms with van der Waals surface area (Å²) in [6, 6.07) is 8.42. The maximum Gasteiger partial charge on any atom is 0.233 e. The van der Waals surface area contributed by atoms with Crippen LogP contribution in [0.1, 0.15) is 82.4 Å². The molecule has 2 fully saturated rings. The van der Waals surface area contributed by atoms with Gasteiger partial charge < -0.3 is 0 Å². The zero-order valence-corrected chi connectivity index (χ0v) is 15.1. The Morgan fingerprint density at radius 2 is 1.42 bits per heavy atom. The van der Waals surface area contributed by atoms with Crippen LogP contribution in [0, 0.1) is 11.8 Å². The summed E-state index contributed by atoms with van der Waals surface area (Å²) in [6.07, 6.45) is 5.82. The summed E-state index contributed by atoms with van der Waals surface area (Å²) < 4.78 is 0. The van der Waals surface area contributed by atoms with E-state index >= 15 is 0 Å². The molecule has 1 aromatic carbocycles. The van der Waals surface area contributed by atoms with E-state index in [-0.39, 0.29) is 29.7 Å². The molecule has 1 aliphatic heterocycles. The molecular formula is C21H29NO2. The number of carbonyl (C=O) groups is 2. The summed E-state index contributed by atoms with van der Waals surface area (Å²) in [7, 11) is 0. The average Bonchev–Trinajstić information content (AvgIpc) is 2.88. The number of carbonyl (C=O) groups excluding carboxylic acids is 2. The van der Waals surface area contributed by atoms with Crippen LogP contribution in [0.4, 0.5) is 0 Å². The number of hydrogen-bond acceptors (Lipinski definition) is 2. The Hall–Kier alpha value is -1.64. The highest BCUT2D eigenvalue weighted by molar-refractivity contribution is 6.05. The van der Waals surface area contributed by atoms with Gasteiger partial charge in [0.2, 0.25) is 11.8 Å². The predicted octanol–water partition coefficient (Wildman–Crippen LogP) is 4.83.